The highest BCUT2D eigenvalue weighted by atomic mass is 35.5. The Labute approximate surface area is 117 Å². The average Bonchev–Trinajstić information content (AvgIpc) is 2.78. The van der Waals surface area contributed by atoms with E-state index in [1.807, 2.05) is 0 Å². The number of carbonyl (C=O) groups is 1. The number of nitrogens with one attached hydrogen (secondary N) is 1. The van der Waals surface area contributed by atoms with Gasteiger partial charge in [-0.1, -0.05) is 23.8 Å². The first kappa shape index (κ1) is 12.5. The Morgan fingerprint density at radius 2 is 2.32 bits per heavy atom. The number of esters is 1. The van der Waals surface area contributed by atoms with Crippen molar-refractivity contribution in [2.45, 2.75) is 18.9 Å². The molecule has 0 amide bonds. The maximum absolute atomic E-state index is 11.5. The van der Waals surface area contributed by atoms with Gasteiger partial charge in [-0.15, -0.1) is 0 Å². The Bertz CT molecular complexity index is 541. The first-order chi connectivity index (χ1) is 9.19. The number of ether oxygens (including phenoxy) is 1. The number of allylic oxidation sites excluding steroid dienone is 1. The van der Waals surface area contributed by atoms with Gasteiger partial charge in [0, 0.05) is 12.0 Å². The van der Waals surface area contributed by atoms with Crippen LogP contribution in [-0.2, 0) is 4.74 Å². The van der Waals surface area contributed by atoms with Crippen LogP contribution in [0.1, 0.15) is 23.2 Å². The summed E-state index contributed by atoms with van der Waals surface area (Å²) in [6.45, 7) is 0. The van der Waals surface area contributed by atoms with Gasteiger partial charge >= 0.3 is 5.97 Å². The van der Waals surface area contributed by atoms with Crippen LogP contribution in [0.4, 0.5) is 5.69 Å². The third-order valence-corrected chi connectivity index (χ3v) is 4.42. The topological polar surface area (TPSA) is 38.3 Å². The molecule has 3 atom stereocenters. The maximum Gasteiger partial charge on any atom is 0.337 e. The number of hydrogen-bond acceptors (Lipinski definition) is 3. The minimum Gasteiger partial charge on any atom is -0.465 e. The predicted molar refractivity (Wildman–Crippen MR) is 75.6 cm³/mol. The molecule has 19 heavy (non-hydrogen) atoms. The van der Waals surface area contributed by atoms with Crippen molar-refractivity contribution in [1.82, 2.24) is 0 Å². The highest BCUT2D eigenvalue weighted by Crippen LogP contribution is 2.44. The van der Waals surface area contributed by atoms with Crippen molar-refractivity contribution in [3.05, 3.63) is 40.9 Å². The van der Waals surface area contributed by atoms with Crippen LogP contribution < -0.4 is 5.32 Å². The number of fused-ring (bicyclic) bond motifs is 1. The second kappa shape index (κ2) is 4.89. The van der Waals surface area contributed by atoms with Gasteiger partial charge in [0.2, 0.25) is 0 Å². The molecule has 4 heteroatoms. The lowest BCUT2D eigenvalue weighted by Crippen LogP contribution is -2.43. The normalized spacial score (nSPS) is 27.6. The van der Waals surface area contributed by atoms with Crippen molar-refractivity contribution in [3.63, 3.8) is 0 Å². The van der Waals surface area contributed by atoms with Gasteiger partial charge in [0.25, 0.3) is 0 Å². The molecular weight excluding hydrogens is 262 g/mol. The molecule has 0 bridgehead atoms. The molecule has 0 spiro atoms. The van der Waals surface area contributed by atoms with Gasteiger partial charge in [0.15, 0.2) is 0 Å². The molecule has 3 nitrogen and oxygen atoms in total. The molecule has 1 saturated carbocycles. The summed E-state index contributed by atoms with van der Waals surface area (Å²) in [6, 6.07) is 5.60. The van der Waals surface area contributed by atoms with E-state index in [1.54, 1.807) is 18.2 Å². The van der Waals surface area contributed by atoms with Crippen LogP contribution in [0.3, 0.4) is 0 Å². The number of methoxy groups -OCH3 is 1. The molecule has 0 saturated heterocycles. The SMILES string of the molecule is COC(=O)c1ccc(Cl)c(NC2CC3CC=CC32)c1. The van der Waals surface area contributed by atoms with Crippen LogP contribution in [0.15, 0.2) is 30.4 Å². The van der Waals surface area contributed by atoms with Crippen LogP contribution in [0.25, 0.3) is 0 Å². The lowest BCUT2D eigenvalue weighted by atomic mass is 9.71. The van der Waals surface area contributed by atoms with Crippen LogP contribution >= 0.6 is 11.6 Å². The van der Waals surface area contributed by atoms with E-state index in [-0.39, 0.29) is 5.97 Å². The van der Waals surface area contributed by atoms with E-state index in [4.69, 9.17) is 16.3 Å². The van der Waals surface area contributed by atoms with Crippen molar-refractivity contribution >= 4 is 23.3 Å². The van der Waals surface area contributed by atoms with Gasteiger partial charge in [-0.25, -0.2) is 4.79 Å². The van der Waals surface area contributed by atoms with Crippen molar-refractivity contribution < 1.29 is 9.53 Å². The third kappa shape index (κ3) is 2.23. The molecule has 2 aliphatic carbocycles. The fourth-order valence-corrected chi connectivity index (χ4v) is 3.14. The standard InChI is InChI=1S/C15H16ClNO2/c1-19-15(18)10-5-6-12(16)14(8-10)17-13-7-9-3-2-4-11(9)13/h2,4-6,8-9,11,13,17H,3,7H2,1H3. The molecule has 1 aromatic carbocycles. The Balaban J connectivity index is 1.76. The van der Waals surface area contributed by atoms with Crippen LogP contribution in [0.5, 0.6) is 0 Å². The van der Waals surface area contributed by atoms with E-state index in [2.05, 4.69) is 17.5 Å². The maximum atomic E-state index is 11.5. The number of halogens is 1. The fraction of sp³-hybridized carbons (Fsp3) is 0.400. The molecular formula is C15H16ClNO2. The largest absolute Gasteiger partial charge is 0.465 e. The first-order valence-electron chi connectivity index (χ1n) is 6.50. The average molecular weight is 278 g/mol. The summed E-state index contributed by atoms with van der Waals surface area (Å²) in [5, 5.41) is 4.08. The van der Waals surface area contributed by atoms with Gasteiger partial charge in [-0.3, -0.25) is 0 Å². The number of hydrogen-bond donors (Lipinski definition) is 1. The van der Waals surface area contributed by atoms with Gasteiger partial charge in [0.1, 0.15) is 0 Å². The fourth-order valence-electron chi connectivity index (χ4n) is 2.96. The van der Waals surface area contributed by atoms with Gasteiger partial charge < -0.3 is 10.1 Å². The minimum absolute atomic E-state index is 0.341. The summed E-state index contributed by atoms with van der Waals surface area (Å²) in [6.07, 6.45) is 6.89. The molecule has 0 aliphatic heterocycles. The second-order valence-electron chi connectivity index (χ2n) is 5.17. The lowest BCUT2D eigenvalue weighted by Gasteiger charge is -2.41. The van der Waals surface area contributed by atoms with Crippen molar-refractivity contribution in [3.8, 4) is 0 Å². The van der Waals surface area contributed by atoms with E-state index < -0.39 is 0 Å². The highest BCUT2D eigenvalue weighted by Gasteiger charge is 2.41. The zero-order valence-electron chi connectivity index (χ0n) is 10.7. The number of carbonyl (C=O) groups excluding carboxylic acids is 1. The Morgan fingerprint density at radius 3 is 3.05 bits per heavy atom. The van der Waals surface area contributed by atoms with E-state index in [1.165, 1.54) is 13.5 Å². The zero-order chi connectivity index (χ0) is 13.4. The molecule has 0 heterocycles. The van der Waals surface area contributed by atoms with E-state index in [0.29, 0.717) is 22.5 Å². The Morgan fingerprint density at radius 1 is 1.47 bits per heavy atom. The zero-order valence-corrected chi connectivity index (χ0v) is 11.5. The first-order valence-corrected chi connectivity index (χ1v) is 6.88. The number of benzene rings is 1. The summed E-state index contributed by atoms with van der Waals surface area (Å²) in [4.78, 5) is 11.5. The summed E-state index contributed by atoms with van der Waals surface area (Å²) in [7, 11) is 1.38. The predicted octanol–water partition coefficient (Wildman–Crippen LogP) is 3.50. The Hall–Kier alpha value is -1.48. The summed E-state index contributed by atoms with van der Waals surface area (Å²) in [5.74, 6) is 1.06. The van der Waals surface area contributed by atoms with Gasteiger partial charge in [0.05, 0.1) is 23.4 Å². The molecule has 1 fully saturated rings. The lowest BCUT2D eigenvalue weighted by molar-refractivity contribution is 0.0601. The van der Waals surface area contributed by atoms with Crippen LogP contribution in [0, 0.1) is 11.8 Å². The van der Waals surface area contributed by atoms with Gasteiger partial charge in [-0.2, -0.15) is 0 Å². The molecule has 2 aliphatic rings. The van der Waals surface area contributed by atoms with Crippen molar-refractivity contribution in [2.75, 3.05) is 12.4 Å². The molecule has 100 valence electrons. The molecule has 3 unspecified atom stereocenters. The van der Waals surface area contributed by atoms with E-state index >= 15 is 0 Å². The minimum atomic E-state index is -0.341. The third-order valence-electron chi connectivity index (χ3n) is 4.09. The Kier molecular flexibility index (Phi) is 3.23. The van der Waals surface area contributed by atoms with Crippen LogP contribution in [-0.4, -0.2) is 19.1 Å². The quantitative estimate of drug-likeness (QED) is 0.679. The van der Waals surface area contributed by atoms with Crippen molar-refractivity contribution in [2.24, 2.45) is 11.8 Å². The van der Waals surface area contributed by atoms with Crippen LogP contribution in [0.2, 0.25) is 5.02 Å². The smallest absolute Gasteiger partial charge is 0.337 e. The molecule has 3 rings (SSSR count). The second-order valence-corrected chi connectivity index (χ2v) is 5.58. The van der Waals surface area contributed by atoms with E-state index in [9.17, 15) is 4.79 Å². The molecule has 1 N–H and O–H groups in total. The highest BCUT2D eigenvalue weighted by molar-refractivity contribution is 6.33. The molecule has 1 aromatic rings. The monoisotopic (exact) mass is 277 g/mol. The summed E-state index contributed by atoms with van der Waals surface area (Å²) >= 11 is 6.18. The molecule has 0 aromatic heterocycles. The van der Waals surface area contributed by atoms with Gasteiger partial charge in [-0.05, 0) is 37.0 Å². The number of rotatable bonds is 3. The summed E-state index contributed by atoms with van der Waals surface area (Å²) in [5.41, 5.74) is 1.33. The molecule has 0 radical (unpaired) electrons. The van der Waals surface area contributed by atoms with Crippen molar-refractivity contribution in [1.29, 1.82) is 0 Å². The summed E-state index contributed by atoms with van der Waals surface area (Å²) < 4.78 is 4.72. The van der Waals surface area contributed by atoms with E-state index in [0.717, 1.165) is 18.0 Å². The number of anilines is 1.